The molecule has 8 heteroatoms. The summed E-state index contributed by atoms with van der Waals surface area (Å²) in [6.07, 6.45) is 1.35. The van der Waals surface area contributed by atoms with Gasteiger partial charge in [-0.25, -0.2) is 9.69 Å². The van der Waals surface area contributed by atoms with Crippen molar-refractivity contribution in [3.63, 3.8) is 0 Å². The normalized spacial score (nSPS) is 14.2. The molecule has 0 saturated carbocycles. The molecule has 4 amide bonds. The molecule has 144 valence electrons. The van der Waals surface area contributed by atoms with Crippen LogP contribution in [0, 0.1) is 13.8 Å². The second kappa shape index (κ2) is 7.55. The molecule has 7 nitrogen and oxygen atoms in total. The van der Waals surface area contributed by atoms with Crippen LogP contribution in [-0.2, 0) is 9.59 Å². The highest BCUT2D eigenvalue weighted by atomic mass is 79.9. The largest absolute Gasteiger partial charge is 0.334 e. The summed E-state index contributed by atoms with van der Waals surface area (Å²) in [5.41, 5.74) is 2.82. The summed E-state index contributed by atoms with van der Waals surface area (Å²) in [6.45, 7) is 6.56. The van der Waals surface area contributed by atoms with Gasteiger partial charge in [0.25, 0.3) is 0 Å². The fourth-order valence-electron chi connectivity index (χ4n) is 3.24. The molecule has 2 aromatic rings. The number of nitrogens with zero attached hydrogens (tertiary/aromatic N) is 3. The van der Waals surface area contributed by atoms with Gasteiger partial charge in [-0.3, -0.25) is 19.3 Å². The van der Waals surface area contributed by atoms with Gasteiger partial charge in [-0.2, -0.15) is 0 Å². The second-order valence-corrected chi connectivity index (χ2v) is 7.31. The van der Waals surface area contributed by atoms with Crippen molar-refractivity contribution < 1.29 is 19.2 Å². The van der Waals surface area contributed by atoms with E-state index in [2.05, 4.69) is 22.5 Å². The van der Waals surface area contributed by atoms with Crippen LogP contribution in [0.2, 0.25) is 0 Å². The fraction of sp³-hybridized carbons (Fsp3) is 0.200. The van der Waals surface area contributed by atoms with Gasteiger partial charge < -0.3 is 4.57 Å². The molecule has 1 aliphatic heterocycles. The monoisotopic (exact) mass is 443 g/mol. The minimum atomic E-state index is -0.998. The van der Waals surface area contributed by atoms with Crippen LogP contribution in [0.3, 0.4) is 0 Å². The number of hydrogen-bond acceptors (Lipinski definition) is 4. The molecule has 0 atom stereocenters. The van der Waals surface area contributed by atoms with E-state index in [0.29, 0.717) is 16.2 Å². The zero-order chi connectivity index (χ0) is 20.6. The first-order valence-corrected chi connectivity index (χ1v) is 9.31. The van der Waals surface area contributed by atoms with Gasteiger partial charge in [-0.1, -0.05) is 22.0 Å². The topological polar surface area (TPSA) is 79.7 Å². The van der Waals surface area contributed by atoms with Crippen LogP contribution in [-0.4, -0.2) is 51.1 Å². The quantitative estimate of drug-likeness (QED) is 0.297. The average molecular weight is 444 g/mol. The molecule has 1 saturated heterocycles. The number of imide groups is 2. The maximum absolute atomic E-state index is 12.8. The lowest BCUT2D eigenvalue weighted by atomic mass is 10.1. The van der Waals surface area contributed by atoms with Gasteiger partial charge >= 0.3 is 17.8 Å². The van der Waals surface area contributed by atoms with Crippen LogP contribution < -0.4 is 0 Å². The Morgan fingerprint density at radius 1 is 1.07 bits per heavy atom. The van der Waals surface area contributed by atoms with Crippen molar-refractivity contribution in [2.45, 2.75) is 13.8 Å². The number of hydrogen-bond donors (Lipinski definition) is 0. The SMILES string of the molecule is C=CCN1C(=O)C(=O)N(CC(=O)c2cc(C)n(-c3ccc(Br)cc3)c2C)C1=O. The number of carbonyl (C=O) groups excluding carboxylic acids is 4. The molecule has 0 radical (unpaired) electrons. The first kappa shape index (κ1) is 19.8. The summed E-state index contributed by atoms with van der Waals surface area (Å²) >= 11 is 3.39. The first-order chi connectivity index (χ1) is 13.3. The molecule has 0 aliphatic carbocycles. The Bertz CT molecular complexity index is 1010. The average Bonchev–Trinajstić information content (AvgIpc) is 3.06. The number of carbonyl (C=O) groups is 4. The molecule has 1 fully saturated rings. The molecule has 0 N–H and O–H groups in total. The summed E-state index contributed by atoms with van der Waals surface area (Å²) < 4.78 is 2.86. The van der Waals surface area contributed by atoms with Gasteiger partial charge in [-0.05, 0) is 44.2 Å². The molecular weight excluding hydrogens is 426 g/mol. The molecule has 1 aromatic heterocycles. The molecule has 0 spiro atoms. The highest BCUT2D eigenvalue weighted by molar-refractivity contribution is 9.10. The van der Waals surface area contributed by atoms with Crippen molar-refractivity contribution in [3.05, 3.63) is 64.4 Å². The van der Waals surface area contributed by atoms with E-state index in [4.69, 9.17) is 0 Å². The van der Waals surface area contributed by atoms with Gasteiger partial charge in [0.2, 0.25) is 0 Å². The third-order valence-electron chi connectivity index (χ3n) is 4.56. The van der Waals surface area contributed by atoms with Crippen LogP contribution >= 0.6 is 15.9 Å². The number of aromatic nitrogens is 1. The summed E-state index contributed by atoms with van der Waals surface area (Å²) in [6, 6.07) is 8.54. The van der Waals surface area contributed by atoms with E-state index in [1.165, 1.54) is 6.08 Å². The van der Waals surface area contributed by atoms with Crippen molar-refractivity contribution in [2.24, 2.45) is 0 Å². The lowest BCUT2D eigenvalue weighted by Crippen LogP contribution is -2.37. The Morgan fingerprint density at radius 2 is 1.68 bits per heavy atom. The zero-order valence-corrected chi connectivity index (χ0v) is 17.0. The smallest absolute Gasteiger partial charge is 0.318 e. The van der Waals surface area contributed by atoms with Crippen molar-refractivity contribution >= 4 is 39.6 Å². The van der Waals surface area contributed by atoms with Crippen LogP contribution in [0.5, 0.6) is 0 Å². The van der Waals surface area contributed by atoms with Crippen molar-refractivity contribution in [3.8, 4) is 5.69 Å². The maximum atomic E-state index is 12.8. The van der Waals surface area contributed by atoms with E-state index in [-0.39, 0.29) is 6.54 Å². The third kappa shape index (κ3) is 3.31. The van der Waals surface area contributed by atoms with E-state index in [1.807, 2.05) is 35.8 Å². The molecule has 1 aromatic carbocycles. The van der Waals surface area contributed by atoms with Gasteiger partial charge in [0.05, 0.1) is 6.54 Å². The lowest BCUT2D eigenvalue weighted by Gasteiger charge is -2.14. The summed E-state index contributed by atoms with van der Waals surface area (Å²) in [7, 11) is 0. The molecule has 0 bridgehead atoms. The lowest BCUT2D eigenvalue weighted by molar-refractivity contribution is -0.142. The van der Waals surface area contributed by atoms with E-state index >= 15 is 0 Å². The maximum Gasteiger partial charge on any atom is 0.334 e. The highest BCUT2D eigenvalue weighted by Gasteiger charge is 2.44. The molecular formula is C20H18BrN3O4. The Labute approximate surface area is 170 Å². The van der Waals surface area contributed by atoms with Gasteiger partial charge in [0.15, 0.2) is 5.78 Å². The minimum absolute atomic E-state index is 0.0772. The van der Waals surface area contributed by atoms with Crippen molar-refractivity contribution in [2.75, 3.05) is 13.1 Å². The fourth-order valence-corrected chi connectivity index (χ4v) is 3.51. The Balaban J connectivity index is 1.88. The number of urea groups is 1. The number of amides is 4. The van der Waals surface area contributed by atoms with Crippen LogP contribution in [0.1, 0.15) is 21.7 Å². The number of halogens is 1. The van der Waals surface area contributed by atoms with Crippen LogP contribution in [0.25, 0.3) is 5.69 Å². The van der Waals surface area contributed by atoms with Crippen LogP contribution in [0.4, 0.5) is 4.79 Å². The predicted molar refractivity (Wildman–Crippen MR) is 106 cm³/mol. The number of benzene rings is 1. The minimum Gasteiger partial charge on any atom is -0.318 e. The van der Waals surface area contributed by atoms with E-state index in [0.717, 1.165) is 20.8 Å². The Morgan fingerprint density at radius 3 is 2.29 bits per heavy atom. The van der Waals surface area contributed by atoms with Crippen LogP contribution in [0.15, 0.2) is 47.5 Å². The first-order valence-electron chi connectivity index (χ1n) is 8.52. The molecule has 3 rings (SSSR count). The summed E-state index contributed by atoms with van der Waals surface area (Å²) in [5, 5.41) is 0. The van der Waals surface area contributed by atoms with E-state index in [1.54, 1.807) is 13.0 Å². The summed E-state index contributed by atoms with van der Waals surface area (Å²) in [5.74, 6) is -2.36. The second-order valence-electron chi connectivity index (χ2n) is 6.40. The molecule has 2 heterocycles. The van der Waals surface area contributed by atoms with Gasteiger partial charge in [0.1, 0.15) is 0 Å². The van der Waals surface area contributed by atoms with E-state index in [9.17, 15) is 19.2 Å². The predicted octanol–water partition coefficient (Wildman–Crippen LogP) is 3.02. The third-order valence-corrected chi connectivity index (χ3v) is 5.09. The molecule has 0 unspecified atom stereocenters. The summed E-state index contributed by atoms with van der Waals surface area (Å²) in [4.78, 5) is 50.6. The molecule has 1 aliphatic rings. The number of rotatable bonds is 6. The van der Waals surface area contributed by atoms with E-state index < -0.39 is 30.2 Å². The zero-order valence-electron chi connectivity index (χ0n) is 15.4. The van der Waals surface area contributed by atoms with Gasteiger partial charge in [0, 0.05) is 33.7 Å². The Kier molecular flexibility index (Phi) is 5.33. The number of Topliss-reactive ketones (excluding diaryl/α,β-unsaturated/α-hetero) is 1. The number of aryl methyl sites for hydroxylation is 1. The Hall–Kier alpha value is -3.00. The molecule has 28 heavy (non-hydrogen) atoms. The van der Waals surface area contributed by atoms with Gasteiger partial charge in [-0.15, -0.1) is 6.58 Å². The highest BCUT2D eigenvalue weighted by Crippen LogP contribution is 2.23. The standard InChI is InChI=1S/C20H18BrN3O4/c1-4-9-22-18(26)19(27)23(20(22)28)11-17(25)16-10-12(2)24(13(16)3)15-7-5-14(21)6-8-15/h4-8,10H,1,9,11H2,2-3H3. The van der Waals surface area contributed by atoms with Crippen molar-refractivity contribution in [1.29, 1.82) is 0 Å². The number of ketones is 1. The van der Waals surface area contributed by atoms with Crippen molar-refractivity contribution in [1.82, 2.24) is 14.4 Å².